The zero-order valence-corrected chi connectivity index (χ0v) is 27.7. The van der Waals surface area contributed by atoms with E-state index in [0.717, 1.165) is 28.1 Å². The first-order chi connectivity index (χ1) is 22.1. The van der Waals surface area contributed by atoms with Crippen LogP contribution in [0.5, 0.6) is 11.5 Å². The summed E-state index contributed by atoms with van der Waals surface area (Å²) in [7, 11) is 1.53. The summed E-state index contributed by atoms with van der Waals surface area (Å²) < 4.78 is 12.1. The van der Waals surface area contributed by atoms with Crippen LogP contribution in [0.3, 0.4) is 0 Å². The molecule has 0 atom stereocenters. The molecule has 2 aromatic carbocycles. The van der Waals surface area contributed by atoms with Crippen molar-refractivity contribution in [3.05, 3.63) is 98.4 Å². The second-order valence-electron chi connectivity index (χ2n) is 14.2. The molecule has 47 heavy (non-hydrogen) atoms. The van der Waals surface area contributed by atoms with Crippen molar-refractivity contribution in [2.24, 2.45) is 10.8 Å². The number of benzene rings is 2. The molecule has 10 nitrogen and oxygen atoms in total. The molecule has 1 heterocycles. The summed E-state index contributed by atoms with van der Waals surface area (Å²) in [6.07, 6.45) is 3.79. The smallest absolute Gasteiger partial charge is 0.305 e. The van der Waals surface area contributed by atoms with Gasteiger partial charge in [0.05, 0.1) is 18.5 Å². The van der Waals surface area contributed by atoms with Crippen LogP contribution in [0.15, 0.2) is 71.6 Å². The average Bonchev–Trinajstić information content (AvgIpc) is 2.97. The highest BCUT2D eigenvalue weighted by atomic mass is 16.6. The Labute approximate surface area is 274 Å². The first-order valence-electron chi connectivity index (χ1n) is 15.8. The topological polar surface area (TPSA) is 136 Å². The molecule has 0 saturated heterocycles. The molecule has 0 fully saturated rings. The second kappa shape index (κ2) is 12.8. The van der Waals surface area contributed by atoms with Gasteiger partial charge in [-0.15, -0.1) is 6.58 Å². The van der Waals surface area contributed by atoms with E-state index >= 15 is 0 Å². The lowest BCUT2D eigenvalue weighted by Gasteiger charge is -2.49. The fourth-order valence-electron chi connectivity index (χ4n) is 7.20. The molecule has 3 aliphatic rings. The number of Topliss-reactive ketones (excluding diaryl/α,β-unsaturated/α-hetero) is 2. The van der Waals surface area contributed by atoms with Gasteiger partial charge in [-0.05, 0) is 59.4 Å². The Kier molecular flexibility index (Phi) is 9.17. The fraction of sp³-hybridized carbons (Fsp3) is 0.432. The molecular weight excluding hydrogens is 600 g/mol. The van der Waals surface area contributed by atoms with E-state index in [1.165, 1.54) is 19.2 Å². The highest BCUT2D eigenvalue weighted by molar-refractivity contribution is 6.07. The number of carboxylic acids is 1. The molecule has 0 unspecified atom stereocenters. The molecular formula is C37H42N2O8. The van der Waals surface area contributed by atoms with Crippen molar-refractivity contribution in [2.45, 2.75) is 78.7 Å². The van der Waals surface area contributed by atoms with Crippen molar-refractivity contribution < 1.29 is 33.9 Å². The van der Waals surface area contributed by atoms with Crippen molar-refractivity contribution >= 4 is 23.2 Å². The molecule has 0 amide bonds. The monoisotopic (exact) mass is 642 g/mol. The number of ketones is 2. The number of methoxy groups -OCH3 is 1. The number of carboxylic acid groups (broad SMARTS) is 1. The number of nitro benzene ring substituents is 1. The number of allylic oxidation sites excluding steroid dienone is 5. The molecule has 0 saturated carbocycles. The summed E-state index contributed by atoms with van der Waals surface area (Å²) in [4.78, 5) is 52.6. The standard InChI is InChI=1S/C37H42N2O8/c1-7-8-23-15-24(16-30(46-6)35(23)47-21-22-9-11-25(12-10-22)39(44)45)32-33-26(17-36(2,3)19-28(33)40)38(14-13-31(42)43)27-18-37(4,5)20-29(41)34(27)32/h7,9-12,15-16,32H,1,8,13-14,17-21H2,2-6H3,(H,42,43). The van der Waals surface area contributed by atoms with Gasteiger partial charge in [0.25, 0.3) is 5.69 Å². The lowest BCUT2D eigenvalue weighted by molar-refractivity contribution is -0.384. The molecule has 0 aromatic heterocycles. The fourth-order valence-corrected chi connectivity index (χ4v) is 7.20. The number of ether oxygens (including phenoxy) is 2. The third kappa shape index (κ3) is 6.87. The maximum atomic E-state index is 14.1. The van der Waals surface area contributed by atoms with E-state index in [0.29, 0.717) is 54.7 Å². The van der Waals surface area contributed by atoms with Crippen LogP contribution in [0.2, 0.25) is 0 Å². The molecule has 1 aliphatic heterocycles. The van der Waals surface area contributed by atoms with E-state index in [1.807, 2.05) is 44.7 Å². The molecule has 5 rings (SSSR count). The Morgan fingerprint density at radius 2 is 1.60 bits per heavy atom. The molecule has 248 valence electrons. The minimum atomic E-state index is -0.942. The van der Waals surface area contributed by atoms with E-state index in [9.17, 15) is 29.6 Å². The Hall–Kier alpha value is -4.73. The zero-order valence-electron chi connectivity index (χ0n) is 27.7. The summed E-state index contributed by atoms with van der Waals surface area (Å²) in [6, 6.07) is 9.90. The highest BCUT2D eigenvalue weighted by Gasteiger charge is 2.49. The lowest BCUT2D eigenvalue weighted by Crippen LogP contribution is -2.45. The van der Waals surface area contributed by atoms with Gasteiger partial charge in [-0.25, -0.2) is 0 Å². The number of aliphatic carboxylic acids is 1. The summed E-state index contributed by atoms with van der Waals surface area (Å²) in [5, 5.41) is 20.7. The van der Waals surface area contributed by atoms with Crippen LogP contribution in [0.1, 0.15) is 82.4 Å². The van der Waals surface area contributed by atoms with Crippen molar-refractivity contribution in [3.8, 4) is 11.5 Å². The number of hydrogen-bond donors (Lipinski definition) is 1. The van der Waals surface area contributed by atoms with Crippen LogP contribution < -0.4 is 9.47 Å². The van der Waals surface area contributed by atoms with Crippen molar-refractivity contribution in [2.75, 3.05) is 13.7 Å². The number of non-ortho nitro benzene ring substituents is 1. The largest absolute Gasteiger partial charge is 0.493 e. The minimum absolute atomic E-state index is 0.0133. The maximum Gasteiger partial charge on any atom is 0.305 e. The quantitative estimate of drug-likeness (QED) is 0.155. The zero-order chi connectivity index (χ0) is 34.3. The summed E-state index contributed by atoms with van der Waals surface area (Å²) in [5.74, 6) is -0.783. The first kappa shape index (κ1) is 33.6. The third-order valence-electron chi connectivity index (χ3n) is 9.17. The second-order valence-corrected chi connectivity index (χ2v) is 14.2. The SMILES string of the molecule is C=CCc1cc(C2C3=C(CC(C)(C)CC3=O)N(CCC(=O)O)C3=C2C(=O)CC(C)(C)C3)cc(OC)c1OCc1ccc([N+](=O)[O-])cc1. The Morgan fingerprint density at radius 1 is 1.02 bits per heavy atom. The normalized spacial score (nSPS) is 18.9. The van der Waals surface area contributed by atoms with Crippen LogP contribution in [0, 0.1) is 20.9 Å². The summed E-state index contributed by atoms with van der Waals surface area (Å²) >= 11 is 0. The number of carbonyl (C=O) groups is 3. The van der Waals surface area contributed by atoms with Crippen LogP contribution in [0.25, 0.3) is 0 Å². The van der Waals surface area contributed by atoms with Crippen molar-refractivity contribution in [1.29, 1.82) is 0 Å². The Balaban J connectivity index is 1.66. The van der Waals surface area contributed by atoms with Gasteiger partial charge in [-0.3, -0.25) is 24.5 Å². The van der Waals surface area contributed by atoms with E-state index in [1.54, 1.807) is 18.2 Å². The first-order valence-corrected chi connectivity index (χ1v) is 15.8. The predicted molar refractivity (Wildman–Crippen MR) is 176 cm³/mol. The van der Waals surface area contributed by atoms with E-state index in [2.05, 4.69) is 6.58 Å². The van der Waals surface area contributed by atoms with Gasteiger partial charge in [-0.1, -0.05) is 39.8 Å². The highest BCUT2D eigenvalue weighted by Crippen LogP contribution is 2.55. The molecule has 10 heteroatoms. The predicted octanol–water partition coefficient (Wildman–Crippen LogP) is 7.07. The lowest BCUT2D eigenvalue weighted by atomic mass is 9.63. The number of hydrogen-bond acceptors (Lipinski definition) is 8. The van der Waals surface area contributed by atoms with E-state index in [4.69, 9.17) is 9.47 Å². The Bertz CT molecular complexity index is 1660. The molecule has 2 aliphatic carbocycles. The van der Waals surface area contributed by atoms with Gasteiger partial charge in [0.1, 0.15) is 6.61 Å². The van der Waals surface area contributed by atoms with Gasteiger partial charge >= 0.3 is 5.97 Å². The van der Waals surface area contributed by atoms with Crippen molar-refractivity contribution in [3.63, 3.8) is 0 Å². The molecule has 1 N–H and O–H groups in total. The van der Waals surface area contributed by atoms with Gasteiger partial charge in [0.2, 0.25) is 0 Å². The molecule has 0 bridgehead atoms. The molecule has 2 aromatic rings. The van der Waals surface area contributed by atoms with Gasteiger partial charge in [0.15, 0.2) is 23.1 Å². The van der Waals surface area contributed by atoms with Crippen LogP contribution in [0.4, 0.5) is 5.69 Å². The average molecular weight is 643 g/mol. The molecule has 0 radical (unpaired) electrons. The van der Waals surface area contributed by atoms with Crippen LogP contribution in [-0.4, -0.2) is 46.1 Å². The number of carbonyl (C=O) groups excluding carboxylic acids is 2. The molecule has 0 spiro atoms. The van der Waals surface area contributed by atoms with Crippen molar-refractivity contribution in [1.82, 2.24) is 4.90 Å². The van der Waals surface area contributed by atoms with E-state index in [-0.39, 0.29) is 47.7 Å². The van der Waals surface area contributed by atoms with Gasteiger partial charge < -0.3 is 19.5 Å². The van der Waals surface area contributed by atoms with E-state index < -0.39 is 16.8 Å². The van der Waals surface area contributed by atoms with Gasteiger partial charge in [0, 0.05) is 65.5 Å². The number of nitrogens with zero attached hydrogens (tertiary/aromatic N) is 2. The number of nitro groups is 1. The van der Waals surface area contributed by atoms with Gasteiger partial charge in [-0.2, -0.15) is 0 Å². The van der Waals surface area contributed by atoms with Crippen LogP contribution >= 0.6 is 0 Å². The van der Waals surface area contributed by atoms with Crippen LogP contribution in [-0.2, 0) is 27.4 Å². The maximum absolute atomic E-state index is 14.1. The summed E-state index contributed by atoms with van der Waals surface area (Å²) in [5.41, 5.74) is 4.21. The third-order valence-corrected chi connectivity index (χ3v) is 9.17. The summed E-state index contributed by atoms with van der Waals surface area (Å²) in [6.45, 7) is 12.4. The minimum Gasteiger partial charge on any atom is -0.493 e. The Morgan fingerprint density at radius 3 is 2.09 bits per heavy atom. The number of rotatable bonds is 11.